The molecule has 6 heteroatoms. The van der Waals surface area contributed by atoms with Crippen LogP contribution in [0.5, 0.6) is 0 Å². The van der Waals surface area contributed by atoms with Gasteiger partial charge in [-0.05, 0) is 31.0 Å². The van der Waals surface area contributed by atoms with Crippen LogP contribution in [0.25, 0.3) is 0 Å². The van der Waals surface area contributed by atoms with Crippen molar-refractivity contribution in [3.63, 3.8) is 0 Å². The lowest BCUT2D eigenvalue weighted by atomic mass is 10.1. The first-order valence-electron chi connectivity index (χ1n) is 6.10. The number of amides is 1. The van der Waals surface area contributed by atoms with Crippen LogP contribution in [0.2, 0.25) is 0 Å². The van der Waals surface area contributed by atoms with Gasteiger partial charge in [0.25, 0.3) is 5.91 Å². The van der Waals surface area contributed by atoms with Gasteiger partial charge in [-0.1, -0.05) is 17.3 Å². The Morgan fingerprint density at radius 3 is 2.55 bits per heavy atom. The summed E-state index contributed by atoms with van der Waals surface area (Å²) in [5.74, 6) is -0.658. The van der Waals surface area contributed by atoms with Crippen molar-refractivity contribution in [3.8, 4) is 0 Å². The highest BCUT2D eigenvalue weighted by Crippen LogP contribution is 2.05. The molecule has 0 aliphatic carbocycles. The number of hydrogen-bond donors (Lipinski definition) is 2. The van der Waals surface area contributed by atoms with Crippen LogP contribution >= 0.6 is 0 Å². The molecule has 0 fully saturated rings. The number of aromatic carboxylic acids is 1. The van der Waals surface area contributed by atoms with E-state index in [9.17, 15) is 9.59 Å². The normalized spacial score (nSPS) is 10.2. The largest absolute Gasteiger partial charge is 0.478 e. The van der Waals surface area contributed by atoms with E-state index in [1.807, 2.05) is 0 Å². The Hall–Kier alpha value is -2.63. The molecule has 1 heterocycles. The molecule has 1 amide bonds. The molecule has 1 aromatic heterocycles. The van der Waals surface area contributed by atoms with Crippen molar-refractivity contribution in [3.05, 3.63) is 52.9 Å². The maximum Gasteiger partial charge on any atom is 0.335 e. The number of carboxylic acid groups (broad SMARTS) is 1. The fraction of sp³-hybridized carbons (Fsp3) is 0.214. The average molecular weight is 274 g/mol. The fourth-order valence-corrected chi connectivity index (χ4v) is 1.70. The third-order valence-electron chi connectivity index (χ3n) is 2.76. The SMILES string of the molecule is Cc1cc(C(=O)NCCc2ccc(C(=O)O)cc2)no1. The quantitative estimate of drug-likeness (QED) is 0.864. The Labute approximate surface area is 115 Å². The summed E-state index contributed by atoms with van der Waals surface area (Å²) < 4.78 is 4.82. The van der Waals surface area contributed by atoms with Gasteiger partial charge < -0.3 is 14.9 Å². The monoisotopic (exact) mass is 274 g/mol. The third-order valence-corrected chi connectivity index (χ3v) is 2.76. The maximum absolute atomic E-state index is 11.7. The first-order valence-corrected chi connectivity index (χ1v) is 6.10. The molecule has 0 unspecified atom stereocenters. The molecule has 2 aromatic rings. The number of carboxylic acids is 1. The highest BCUT2D eigenvalue weighted by molar-refractivity contribution is 5.92. The molecule has 0 spiro atoms. The third kappa shape index (κ3) is 3.44. The molecule has 0 aliphatic heterocycles. The fourth-order valence-electron chi connectivity index (χ4n) is 1.70. The van der Waals surface area contributed by atoms with Crippen molar-refractivity contribution in [2.45, 2.75) is 13.3 Å². The van der Waals surface area contributed by atoms with Crippen molar-refractivity contribution in [1.29, 1.82) is 0 Å². The van der Waals surface area contributed by atoms with Crippen LogP contribution < -0.4 is 5.32 Å². The molecule has 0 radical (unpaired) electrons. The van der Waals surface area contributed by atoms with Crippen LogP contribution in [0, 0.1) is 6.92 Å². The molecule has 2 rings (SSSR count). The van der Waals surface area contributed by atoms with Gasteiger partial charge in [-0.2, -0.15) is 0 Å². The second-order valence-electron chi connectivity index (χ2n) is 4.33. The van der Waals surface area contributed by atoms with Gasteiger partial charge in [0.05, 0.1) is 5.56 Å². The number of nitrogens with zero attached hydrogens (tertiary/aromatic N) is 1. The summed E-state index contributed by atoms with van der Waals surface area (Å²) >= 11 is 0. The number of nitrogens with one attached hydrogen (secondary N) is 1. The minimum absolute atomic E-state index is 0.246. The number of carbonyl (C=O) groups is 2. The summed E-state index contributed by atoms with van der Waals surface area (Å²) in [6, 6.07) is 8.11. The maximum atomic E-state index is 11.7. The second kappa shape index (κ2) is 6.01. The predicted molar refractivity (Wildman–Crippen MR) is 70.7 cm³/mol. The Kier molecular flexibility index (Phi) is 4.14. The van der Waals surface area contributed by atoms with Gasteiger partial charge in [0.2, 0.25) is 0 Å². The number of aromatic nitrogens is 1. The van der Waals surface area contributed by atoms with Crippen LogP contribution in [-0.4, -0.2) is 28.7 Å². The van der Waals surface area contributed by atoms with E-state index in [0.29, 0.717) is 18.7 Å². The second-order valence-corrected chi connectivity index (χ2v) is 4.33. The Morgan fingerprint density at radius 2 is 2.00 bits per heavy atom. The molecule has 1 aromatic carbocycles. The minimum atomic E-state index is -0.953. The number of carbonyl (C=O) groups excluding carboxylic acids is 1. The molecule has 104 valence electrons. The highest BCUT2D eigenvalue weighted by atomic mass is 16.5. The highest BCUT2D eigenvalue weighted by Gasteiger charge is 2.09. The predicted octanol–water partition coefficient (Wildman–Crippen LogP) is 1.65. The smallest absolute Gasteiger partial charge is 0.335 e. The first kappa shape index (κ1) is 13.8. The van der Waals surface area contributed by atoms with E-state index in [1.165, 1.54) is 0 Å². The van der Waals surface area contributed by atoms with Gasteiger partial charge in [0.15, 0.2) is 5.69 Å². The van der Waals surface area contributed by atoms with Gasteiger partial charge in [0, 0.05) is 12.6 Å². The zero-order chi connectivity index (χ0) is 14.5. The van der Waals surface area contributed by atoms with Gasteiger partial charge >= 0.3 is 5.97 Å². The molecular formula is C14H14N2O4. The van der Waals surface area contributed by atoms with Crippen molar-refractivity contribution < 1.29 is 19.2 Å². The molecule has 2 N–H and O–H groups in total. The van der Waals surface area contributed by atoms with Crippen molar-refractivity contribution >= 4 is 11.9 Å². The van der Waals surface area contributed by atoms with Crippen molar-refractivity contribution in [1.82, 2.24) is 10.5 Å². The van der Waals surface area contributed by atoms with E-state index in [-0.39, 0.29) is 17.2 Å². The molecule has 6 nitrogen and oxygen atoms in total. The lowest BCUT2D eigenvalue weighted by molar-refractivity contribution is 0.0696. The molecule has 0 aliphatic rings. The number of benzene rings is 1. The van der Waals surface area contributed by atoms with Crippen molar-refractivity contribution in [2.24, 2.45) is 0 Å². The summed E-state index contributed by atoms with van der Waals surface area (Å²) in [5, 5.41) is 15.1. The van der Waals surface area contributed by atoms with Gasteiger partial charge in [0.1, 0.15) is 5.76 Å². The summed E-state index contributed by atoms with van der Waals surface area (Å²) in [5.41, 5.74) is 1.45. The van der Waals surface area contributed by atoms with Crippen molar-refractivity contribution in [2.75, 3.05) is 6.54 Å². The van der Waals surface area contributed by atoms with E-state index < -0.39 is 5.97 Å². The van der Waals surface area contributed by atoms with Gasteiger partial charge in [-0.25, -0.2) is 4.79 Å². The lowest BCUT2D eigenvalue weighted by Gasteiger charge is -2.03. The molecule has 0 atom stereocenters. The molecule has 20 heavy (non-hydrogen) atoms. The lowest BCUT2D eigenvalue weighted by Crippen LogP contribution is -2.25. The standard InChI is InChI=1S/C14H14N2O4/c1-9-8-12(16-20-9)13(17)15-7-6-10-2-4-11(5-3-10)14(18)19/h2-5,8H,6-7H2,1H3,(H,15,17)(H,18,19). The van der Waals surface area contributed by atoms with E-state index in [4.69, 9.17) is 9.63 Å². The summed E-state index contributed by atoms with van der Waals surface area (Å²) in [6.45, 7) is 2.16. The summed E-state index contributed by atoms with van der Waals surface area (Å²) in [6.07, 6.45) is 0.614. The van der Waals surface area contributed by atoms with E-state index in [2.05, 4.69) is 10.5 Å². The molecule has 0 saturated heterocycles. The zero-order valence-corrected chi connectivity index (χ0v) is 10.9. The Balaban J connectivity index is 1.83. The molecule has 0 bridgehead atoms. The van der Waals surface area contributed by atoms with Crippen LogP contribution in [0.3, 0.4) is 0 Å². The van der Waals surface area contributed by atoms with Gasteiger partial charge in [-0.15, -0.1) is 0 Å². The van der Waals surface area contributed by atoms with Crippen LogP contribution in [-0.2, 0) is 6.42 Å². The first-order chi connectivity index (χ1) is 9.56. The van der Waals surface area contributed by atoms with Gasteiger partial charge in [-0.3, -0.25) is 4.79 Å². The van der Waals surface area contributed by atoms with Crippen LogP contribution in [0.1, 0.15) is 32.2 Å². The number of hydrogen-bond acceptors (Lipinski definition) is 4. The van der Waals surface area contributed by atoms with E-state index >= 15 is 0 Å². The van der Waals surface area contributed by atoms with Crippen LogP contribution in [0.15, 0.2) is 34.9 Å². The van der Waals surface area contributed by atoms with E-state index in [0.717, 1.165) is 5.56 Å². The summed E-state index contributed by atoms with van der Waals surface area (Å²) in [4.78, 5) is 22.4. The topological polar surface area (TPSA) is 92.4 Å². The zero-order valence-electron chi connectivity index (χ0n) is 10.9. The molecular weight excluding hydrogens is 260 g/mol. The average Bonchev–Trinajstić information content (AvgIpc) is 2.86. The summed E-state index contributed by atoms with van der Waals surface area (Å²) in [7, 11) is 0. The minimum Gasteiger partial charge on any atom is -0.478 e. The van der Waals surface area contributed by atoms with E-state index in [1.54, 1.807) is 37.3 Å². The van der Waals surface area contributed by atoms with Crippen LogP contribution in [0.4, 0.5) is 0 Å². The Morgan fingerprint density at radius 1 is 1.30 bits per heavy atom. The number of rotatable bonds is 5. The number of aryl methyl sites for hydroxylation is 1. The molecule has 0 saturated carbocycles. The Bertz CT molecular complexity index is 616.